The number of imide groups is 1. The highest BCUT2D eigenvalue weighted by Crippen LogP contribution is 2.40. The Labute approximate surface area is 175 Å². The van der Waals surface area contributed by atoms with Gasteiger partial charge in [-0.1, -0.05) is 32.0 Å². The van der Waals surface area contributed by atoms with Crippen molar-refractivity contribution >= 4 is 46.4 Å². The second-order valence-electron chi connectivity index (χ2n) is 7.34. The third-order valence-corrected chi connectivity index (χ3v) is 5.72. The van der Waals surface area contributed by atoms with E-state index in [1.807, 2.05) is 45.9 Å². The molecule has 0 bridgehead atoms. The van der Waals surface area contributed by atoms with Crippen LogP contribution in [0.5, 0.6) is 0 Å². The Kier molecular flexibility index (Phi) is 5.94. The summed E-state index contributed by atoms with van der Waals surface area (Å²) < 4.78 is 0. The molecule has 0 saturated carbocycles. The summed E-state index contributed by atoms with van der Waals surface area (Å²) in [6, 6.07) is 12.5. The summed E-state index contributed by atoms with van der Waals surface area (Å²) >= 11 is 1.41. The van der Waals surface area contributed by atoms with E-state index >= 15 is 0 Å². The highest BCUT2D eigenvalue weighted by molar-refractivity contribution is 8.04. The third kappa shape index (κ3) is 4.27. The molecule has 6 heteroatoms. The van der Waals surface area contributed by atoms with Crippen LogP contribution in [-0.4, -0.2) is 23.0 Å². The SMILES string of the molecule is CC(=O)Nc1ccc(N2C(=O)C(SC(C)C)=C(c3ccc(C)c(C)c3)C2=O)cc1. The first-order chi connectivity index (χ1) is 13.7. The van der Waals surface area contributed by atoms with E-state index in [9.17, 15) is 14.4 Å². The summed E-state index contributed by atoms with van der Waals surface area (Å²) in [5, 5.41) is 2.84. The lowest BCUT2D eigenvalue weighted by Crippen LogP contribution is -2.31. The number of anilines is 2. The number of amides is 3. The number of hydrogen-bond donors (Lipinski definition) is 1. The first-order valence-electron chi connectivity index (χ1n) is 9.44. The molecule has 0 unspecified atom stereocenters. The van der Waals surface area contributed by atoms with E-state index in [0.29, 0.717) is 21.9 Å². The van der Waals surface area contributed by atoms with Gasteiger partial charge >= 0.3 is 0 Å². The molecule has 0 fully saturated rings. The Morgan fingerprint density at radius 2 is 1.62 bits per heavy atom. The van der Waals surface area contributed by atoms with Gasteiger partial charge in [-0.25, -0.2) is 4.90 Å². The Morgan fingerprint density at radius 3 is 2.17 bits per heavy atom. The highest BCUT2D eigenvalue weighted by Gasteiger charge is 2.40. The van der Waals surface area contributed by atoms with Gasteiger partial charge in [-0.15, -0.1) is 11.8 Å². The number of benzene rings is 2. The average molecular weight is 409 g/mol. The van der Waals surface area contributed by atoms with E-state index in [0.717, 1.165) is 16.7 Å². The van der Waals surface area contributed by atoms with Crippen molar-refractivity contribution in [3.8, 4) is 0 Å². The first-order valence-corrected chi connectivity index (χ1v) is 10.3. The maximum absolute atomic E-state index is 13.3. The zero-order chi connectivity index (χ0) is 21.3. The van der Waals surface area contributed by atoms with Gasteiger partial charge in [0.15, 0.2) is 0 Å². The van der Waals surface area contributed by atoms with Crippen LogP contribution in [0.3, 0.4) is 0 Å². The molecule has 150 valence electrons. The number of thioether (sulfide) groups is 1. The molecule has 1 aliphatic rings. The maximum Gasteiger partial charge on any atom is 0.272 e. The number of hydrogen-bond acceptors (Lipinski definition) is 4. The van der Waals surface area contributed by atoms with Crippen LogP contribution in [0, 0.1) is 13.8 Å². The topological polar surface area (TPSA) is 66.5 Å². The zero-order valence-corrected chi connectivity index (χ0v) is 18.0. The van der Waals surface area contributed by atoms with Gasteiger partial charge in [0.1, 0.15) is 0 Å². The third-order valence-electron chi connectivity index (χ3n) is 4.64. The van der Waals surface area contributed by atoms with Gasteiger partial charge < -0.3 is 5.32 Å². The molecular formula is C23H24N2O3S. The molecular weight excluding hydrogens is 384 g/mol. The van der Waals surface area contributed by atoms with E-state index in [2.05, 4.69) is 5.32 Å². The van der Waals surface area contributed by atoms with E-state index in [-0.39, 0.29) is 23.0 Å². The largest absolute Gasteiger partial charge is 0.326 e. The summed E-state index contributed by atoms with van der Waals surface area (Å²) in [7, 11) is 0. The predicted molar refractivity (Wildman–Crippen MR) is 119 cm³/mol. The van der Waals surface area contributed by atoms with Crippen molar-refractivity contribution in [1.29, 1.82) is 0 Å². The molecule has 29 heavy (non-hydrogen) atoms. The summed E-state index contributed by atoms with van der Waals surface area (Å²) in [5.41, 5.74) is 4.50. The average Bonchev–Trinajstić information content (AvgIpc) is 2.87. The molecule has 2 aromatic rings. The quantitative estimate of drug-likeness (QED) is 0.729. The van der Waals surface area contributed by atoms with Crippen molar-refractivity contribution in [2.45, 2.75) is 39.9 Å². The molecule has 0 aliphatic carbocycles. The Bertz CT molecular complexity index is 1020. The number of carbonyl (C=O) groups is 3. The van der Waals surface area contributed by atoms with Gasteiger partial charge in [0.25, 0.3) is 11.8 Å². The van der Waals surface area contributed by atoms with Crippen LogP contribution in [0.4, 0.5) is 11.4 Å². The summed E-state index contributed by atoms with van der Waals surface area (Å²) in [6.45, 7) is 9.43. The Hall–Kier alpha value is -2.86. The second kappa shape index (κ2) is 8.25. The Morgan fingerprint density at radius 1 is 0.966 bits per heavy atom. The summed E-state index contributed by atoms with van der Waals surface area (Å²) in [5.74, 6) is -0.816. The van der Waals surface area contributed by atoms with Gasteiger partial charge in [-0.05, 0) is 54.8 Å². The van der Waals surface area contributed by atoms with Crippen LogP contribution in [0.1, 0.15) is 37.5 Å². The molecule has 0 saturated heterocycles. The van der Waals surface area contributed by atoms with Crippen molar-refractivity contribution in [3.63, 3.8) is 0 Å². The van der Waals surface area contributed by atoms with Gasteiger partial charge in [-0.2, -0.15) is 0 Å². The maximum atomic E-state index is 13.3. The predicted octanol–water partition coefficient (Wildman–Crippen LogP) is 4.69. The molecule has 0 spiro atoms. The van der Waals surface area contributed by atoms with Gasteiger partial charge in [0.2, 0.25) is 5.91 Å². The molecule has 0 atom stereocenters. The van der Waals surface area contributed by atoms with Crippen LogP contribution in [0.2, 0.25) is 0 Å². The monoisotopic (exact) mass is 408 g/mol. The summed E-state index contributed by atoms with van der Waals surface area (Å²) in [6.07, 6.45) is 0. The van der Waals surface area contributed by atoms with Crippen LogP contribution in [-0.2, 0) is 14.4 Å². The molecule has 3 rings (SSSR count). The normalized spacial score (nSPS) is 14.2. The minimum absolute atomic E-state index is 0.158. The molecule has 0 radical (unpaired) electrons. The minimum atomic E-state index is -0.325. The van der Waals surface area contributed by atoms with E-state index in [1.165, 1.54) is 23.6 Å². The van der Waals surface area contributed by atoms with E-state index in [1.54, 1.807) is 24.3 Å². The highest BCUT2D eigenvalue weighted by atomic mass is 32.2. The first kappa shape index (κ1) is 20.9. The van der Waals surface area contributed by atoms with Crippen molar-refractivity contribution in [2.24, 2.45) is 0 Å². The van der Waals surface area contributed by atoms with Crippen LogP contribution in [0.25, 0.3) is 5.57 Å². The minimum Gasteiger partial charge on any atom is -0.326 e. The van der Waals surface area contributed by atoms with Crippen LogP contribution >= 0.6 is 11.8 Å². The number of rotatable bonds is 5. The lowest BCUT2D eigenvalue weighted by atomic mass is 10.0. The van der Waals surface area contributed by atoms with Crippen molar-refractivity contribution in [2.75, 3.05) is 10.2 Å². The lowest BCUT2D eigenvalue weighted by molar-refractivity contribution is -0.120. The number of nitrogens with one attached hydrogen (secondary N) is 1. The second-order valence-corrected chi connectivity index (χ2v) is 8.93. The van der Waals surface area contributed by atoms with Crippen molar-refractivity contribution in [1.82, 2.24) is 0 Å². The van der Waals surface area contributed by atoms with Crippen LogP contribution in [0.15, 0.2) is 47.4 Å². The van der Waals surface area contributed by atoms with Gasteiger partial charge in [-0.3, -0.25) is 14.4 Å². The van der Waals surface area contributed by atoms with E-state index in [4.69, 9.17) is 0 Å². The summed E-state index contributed by atoms with van der Waals surface area (Å²) in [4.78, 5) is 39.4. The molecule has 1 N–H and O–H groups in total. The number of aryl methyl sites for hydroxylation is 2. The fourth-order valence-corrected chi connectivity index (χ4v) is 4.12. The molecule has 2 aromatic carbocycles. The van der Waals surface area contributed by atoms with Crippen molar-refractivity contribution < 1.29 is 14.4 Å². The van der Waals surface area contributed by atoms with Crippen LogP contribution < -0.4 is 10.2 Å². The zero-order valence-electron chi connectivity index (χ0n) is 17.2. The number of carbonyl (C=O) groups excluding carboxylic acids is 3. The number of nitrogens with zero attached hydrogens (tertiary/aromatic N) is 1. The standard InChI is InChI=1S/C23H24N2O3S/c1-13(2)29-21-20(17-7-6-14(3)15(4)12-17)22(27)25(23(21)28)19-10-8-18(9-11-19)24-16(5)26/h6-13H,1-5H3,(H,24,26). The Balaban J connectivity index is 2.03. The molecule has 5 nitrogen and oxygen atoms in total. The van der Waals surface area contributed by atoms with Gasteiger partial charge in [0, 0.05) is 17.9 Å². The molecule has 1 heterocycles. The molecule has 1 aliphatic heterocycles. The van der Waals surface area contributed by atoms with E-state index < -0.39 is 0 Å². The van der Waals surface area contributed by atoms with Crippen molar-refractivity contribution in [3.05, 3.63) is 64.1 Å². The fourth-order valence-electron chi connectivity index (χ4n) is 3.14. The lowest BCUT2D eigenvalue weighted by Gasteiger charge is -2.16. The molecule has 3 amide bonds. The van der Waals surface area contributed by atoms with Gasteiger partial charge in [0.05, 0.1) is 16.2 Å². The molecule has 0 aromatic heterocycles. The fraction of sp³-hybridized carbons (Fsp3) is 0.261. The smallest absolute Gasteiger partial charge is 0.272 e.